The lowest BCUT2D eigenvalue weighted by Crippen LogP contribution is -2.47. The van der Waals surface area contributed by atoms with Gasteiger partial charge in [-0.3, -0.25) is 4.79 Å². The maximum atomic E-state index is 11.8. The van der Waals surface area contributed by atoms with Gasteiger partial charge in [-0.2, -0.15) is 0 Å². The van der Waals surface area contributed by atoms with Gasteiger partial charge in [0.2, 0.25) is 6.10 Å². The minimum atomic E-state index is -1.14. The Morgan fingerprint density at radius 3 is 2.15 bits per heavy atom. The Bertz CT molecular complexity index is 344. The van der Waals surface area contributed by atoms with E-state index in [1.54, 1.807) is 13.8 Å². The van der Waals surface area contributed by atoms with E-state index in [0.29, 0.717) is 6.54 Å². The topological polar surface area (TPSA) is 98.9 Å². The number of nitrogens with zero attached hydrogens (tertiary/aromatic N) is 1. The molecule has 2 N–H and O–H groups in total. The molecule has 7 nitrogen and oxygen atoms in total. The summed E-state index contributed by atoms with van der Waals surface area (Å²) in [6.07, 6.45) is -1.01. The zero-order valence-corrected chi connectivity index (χ0v) is 12.5. The van der Waals surface area contributed by atoms with Crippen molar-refractivity contribution in [2.75, 3.05) is 19.7 Å². The maximum Gasteiger partial charge on any atom is 0.349 e. The Morgan fingerprint density at radius 2 is 1.75 bits per heavy atom. The summed E-state index contributed by atoms with van der Waals surface area (Å²) in [5.41, 5.74) is 5.27. The third-order valence-corrected chi connectivity index (χ3v) is 2.40. The number of nitrogens with two attached hydrogens (primary N) is 1. The van der Waals surface area contributed by atoms with E-state index in [0.717, 1.165) is 0 Å². The molecule has 20 heavy (non-hydrogen) atoms. The zero-order valence-electron chi connectivity index (χ0n) is 12.5. The summed E-state index contributed by atoms with van der Waals surface area (Å²) in [6.45, 7) is 7.52. The Balaban J connectivity index is 4.85. The molecule has 0 aromatic heterocycles. The fourth-order valence-corrected chi connectivity index (χ4v) is 1.53. The predicted molar refractivity (Wildman–Crippen MR) is 72.8 cm³/mol. The van der Waals surface area contributed by atoms with Crippen LogP contribution in [0.2, 0.25) is 0 Å². The van der Waals surface area contributed by atoms with Crippen LogP contribution in [0, 0.1) is 5.92 Å². The molecule has 116 valence electrons. The molecule has 0 fully saturated rings. The van der Waals surface area contributed by atoms with Crippen molar-refractivity contribution < 1.29 is 23.9 Å². The van der Waals surface area contributed by atoms with Crippen LogP contribution < -0.4 is 5.73 Å². The van der Waals surface area contributed by atoms with Gasteiger partial charge in [-0.1, -0.05) is 20.8 Å². The first kappa shape index (κ1) is 18.2. The molecule has 0 aliphatic heterocycles. The number of urea groups is 1. The van der Waals surface area contributed by atoms with E-state index in [1.807, 2.05) is 13.8 Å². The van der Waals surface area contributed by atoms with E-state index in [9.17, 15) is 14.4 Å². The zero-order chi connectivity index (χ0) is 15.7. The summed E-state index contributed by atoms with van der Waals surface area (Å²) in [4.78, 5) is 35.7. The van der Waals surface area contributed by atoms with Gasteiger partial charge in [-0.05, 0) is 12.8 Å². The van der Waals surface area contributed by atoms with E-state index >= 15 is 0 Å². The average Bonchev–Trinajstić information content (AvgIpc) is 2.36. The molecule has 7 heteroatoms. The number of primary amides is 1. The minimum Gasteiger partial charge on any atom is -0.463 e. The van der Waals surface area contributed by atoms with Gasteiger partial charge in [0.25, 0.3) is 0 Å². The van der Waals surface area contributed by atoms with Crippen LogP contribution in [0.4, 0.5) is 4.79 Å². The molecule has 0 aromatic carbocycles. The lowest BCUT2D eigenvalue weighted by Gasteiger charge is -2.26. The van der Waals surface area contributed by atoms with Crippen molar-refractivity contribution in [3.8, 4) is 0 Å². The van der Waals surface area contributed by atoms with E-state index in [1.165, 1.54) is 4.90 Å². The molecule has 0 saturated heterocycles. The van der Waals surface area contributed by atoms with Crippen LogP contribution in [0.3, 0.4) is 0 Å². The molecule has 0 spiro atoms. The molecule has 0 aromatic rings. The monoisotopic (exact) mass is 288 g/mol. The van der Waals surface area contributed by atoms with Crippen molar-refractivity contribution >= 4 is 18.0 Å². The smallest absolute Gasteiger partial charge is 0.349 e. The SMILES string of the molecule is CCOC(=O)C(CN(CC(C)C)C(N)=O)OC(=O)CC. The molecule has 0 heterocycles. The molecular weight excluding hydrogens is 264 g/mol. The Labute approximate surface area is 119 Å². The lowest BCUT2D eigenvalue weighted by molar-refractivity contribution is -0.168. The quantitative estimate of drug-likeness (QED) is 0.669. The third-order valence-electron chi connectivity index (χ3n) is 2.40. The normalized spacial score (nSPS) is 11.8. The molecule has 0 aliphatic rings. The van der Waals surface area contributed by atoms with E-state index in [4.69, 9.17) is 15.2 Å². The van der Waals surface area contributed by atoms with Gasteiger partial charge >= 0.3 is 18.0 Å². The van der Waals surface area contributed by atoms with Crippen LogP contribution in [0.5, 0.6) is 0 Å². The number of amides is 2. The Hall–Kier alpha value is -1.79. The number of esters is 2. The third kappa shape index (κ3) is 6.96. The molecule has 1 atom stereocenters. The van der Waals surface area contributed by atoms with Gasteiger partial charge < -0.3 is 20.1 Å². The summed E-state index contributed by atoms with van der Waals surface area (Å²) in [5.74, 6) is -1.03. The highest BCUT2D eigenvalue weighted by Crippen LogP contribution is 2.06. The highest BCUT2D eigenvalue weighted by Gasteiger charge is 2.28. The van der Waals surface area contributed by atoms with Gasteiger partial charge in [0.05, 0.1) is 13.2 Å². The molecular formula is C13H24N2O5. The summed E-state index contributed by atoms with van der Waals surface area (Å²) in [7, 11) is 0. The number of ether oxygens (including phenoxy) is 2. The molecule has 0 bridgehead atoms. The summed E-state index contributed by atoms with van der Waals surface area (Å²) < 4.78 is 9.85. The lowest BCUT2D eigenvalue weighted by atomic mass is 10.2. The summed E-state index contributed by atoms with van der Waals surface area (Å²) >= 11 is 0. The Kier molecular flexibility index (Phi) is 8.35. The van der Waals surface area contributed by atoms with Crippen LogP contribution >= 0.6 is 0 Å². The van der Waals surface area contributed by atoms with Gasteiger partial charge in [-0.15, -0.1) is 0 Å². The number of hydrogen-bond acceptors (Lipinski definition) is 5. The standard InChI is InChI=1S/C13H24N2O5/c1-5-11(16)20-10(12(17)19-6-2)8-15(13(14)18)7-9(3)4/h9-10H,5-8H2,1-4H3,(H2,14,18). The first-order valence-electron chi connectivity index (χ1n) is 6.72. The van der Waals surface area contributed by atoms with Gasteiger partial charge in [0.15, 0.2) is 0 Å². The second-order valence-corrected chi connectivity index (χ2v) is 4.72. The minimum absolute atomic E-state index is 0.0991. The molecule has 0 radical (unpaired) electrons. The van der Waals surface area contributed by atoms with Crippen molar-refractivity contribution in [2.24, 2.45) is 11.7 Å². The first-order valence-corrected chi connectivity index (χ1v) is 6.72. The predicted octanol–water partition coefficient (Wildman–Crippen LogP) is 0.908. The molecule has 0 rings (SSSR count). The highest BCUT2D eigenvalue weighted by molar-refractivity contribution is 5.80. The fraction of sp³-hybridized carbons (Fsp3) is 0.769. The summed E-state index contributed by atoms with van der Waals surface area (Å²) in [6, 6.07) is -0.666. The van der Waals surface area contributed by atoms with Gasteiger partial charge in [-0.25, -0.2) is 9.59 Å². The number of carbonyl (C=O) groups is 3. The molecule has 2 amide bonds. The van der Waals surface area contributed by atoms with Crippen LogP contribution in [0.25, 0.3) is 0 Å². The van der Waals surface area contributed by atoms with Crippen LogP contribution in [-0.2, 0) is 19.1 Å². The van der Waals surface area contributed by atoms with Crippen LogP contribution in [0.15, 0.2) is 0 Å². The second-order valence-electron chi connectivity index (χ2n) is 4.72. The van der Waals surface area contributed by atoms with Crippen LogP contribution in [-0.4, -0.2) is 48.7 Å². The molecule has 0 saturated carbocycles. The number of carbonyl (C=O) groups excluding carboxylic acids is 3. The largest absolute Gasteiger partial charge is 0.463 e. The van der Waals surface area contributed by atoms with Crippen molar-refractivity contribution in [1.82, 2.24) is 4.90 Å². The first-order chi connectivity index (χ1) is 9.31. The van der Waals surface area contributed by atoms with E-state index in [2.05, 4.69) is 0 Å². The molecule has 1 unspecified atom stereocenters. The maximum absolute atomic E-state index is 11.8. The van der Waals surface area contributed by atoms with E-state index in [-0.39, 0.29) is 25.5 Å². The Morgan fingerprint density at radius 1 is 1.15 bits per heavy atom. The van der Waals surface area contributed by atoms with E-state index < -0.39 is 24.1 Å². The van der Waals surface area contributed by atoms with Gasteiger partial charge in [0.1, 0.15) is 0 Å². The van der Waals surface area contributed by atoms with Gasteiger partial charge in [0, 0.05) is 13.0 Å². The summed E-state index contributed by atoms with van der Waals surface area (Å²) in [5, 5.41) is 0. The van der Waals surface area contributed by atoms with Crippen molar-refractivity contribution in [1.29, 1.82) is 0 Å². The number of rotatable bonds is 8. The number of hydrogen-bond donors (Lipinski definition) is 1. The second kappa shape index (κ2) is 9.17. The van der Waals surface area contributed by atoms with Crippen molar-refractivity contribution in [3.05, 3.63) is 0 Å². The van der Waals surface area contributed by atoms with Crippen molar-refractivity contribution in [3.63, 3.8) is 0 Å². The molecule has 0 aliphatic carbocycles. The fourth-order valence-electron chi connectivity index (χ4n) is 1.53. The average molecular weight is 288 g/mol. The highest BCUT2D eigenvalue weighted by atomic mass is 16.6. The van der Waals surface area contributed by atoms with Crippen molar-refractivity contribution in [2.45, 2.75) is 40.2 Å². The van der Waals surface area contributed by atoms with Crippen LogP contribution in [0.1, 0.15) is 34.1 Å².